The summed E-state index contributed by atoms with van der Waals surface area (Å²) in [4.78, 5) is 8.56. The van der Waals surface area contributed by atoms with Crippen LogP contribution < -0.4 is 10.6 Å². The number of hydrogen-bond donors (Lipinski definition) is 2. The monoisotopic (exact) mass is 336 g/mol. The van der Waals surface area contributed by atoms with Crippen molar-refractivity contribution in [3.05, 3.63) is 12.2 Å². The molecule has 1 saturated heterocycles. The van der Waals surface area contributed by atoms with Crippen LogP contribution in [0.2, 0.25) is 0 Å². The second-order valence-corrected chi connectivity index (χ2v) is 6.27. The predicted octanol–water partition coefficient (Wildman–Crippen LogP) is 0.344. The zero-order valence-electron chi connectivity index (χ0n) is 14.4. The fourth-order valence-corrected chi connectivity index (χ4v) is 3.11. The number of fused-ring (bicyclic) bond motifs is 1. The Kier molecular flexibility index (Phi) is 6.42. The van der Waals surface area contributed by atoms with Gasteiger partial charge < -0.3 is 20.1 Å². The highest BCUT2D eigenvalue weighted by Gasteiger charge is 2.20. The van der Waals surface area contributed by atoms with Crippen LogP contribution in [-0.4, -0.2) is 66.3 Å². The van der Waals surface area contributed by atoms with Gasteiger partial charge in [-0.05, 0) is 25.7 Å². The summed E-state index contributed by atoms with van der Waals surface area (Å²) in [5, 5.41) is 11.1. The molecule has 2 aliphatic rings. The third-order valence-electron chi connectivity index (χ3n) is 4.51. The van der Waals surface area contributed by atoms with Crippen LogP contribution in [0.1, 0.15) is 31.5 Å². The van der Waals surface area contributed by atoms with E-state index in [0.717, 1.165) is 76.8 Å². The Morgan fingerprint density at radius 3 is 3.12 bits per heavy atom. The molecule has 1 aromatic rings. The van der Waals surface area contributed by atoms with Crippen LogP contribution in [0.4, 0.5) is 0 Å². The molecule has 8 nitrogen and oxygen atoms in total. The smallest absolute Gasteiger partial charge is 0.191 e. The molecule has 2 aliphatic heterocycles. The van der Waals surface area contributed by atoms with Crippen molar-refractivity contribution >= 4 is 5.96 Å². The van der Waals surface area contributed by atoms with Crippen molar-refractivity contribution in [2.24, 2.45) is 4.99 Å². The van der Waals surface area contributed by atoms with Gasteiger partial charge in [-0.2, -0.15) is 5.10 Å². The number of rotatable bonds is 6. The van der Waals surface area contributed by atoms with Crippen molar-refractivity contribution in [3.63, 3.8) is 0 Å². The van der Waals surface area contributed by atoms with E-state index in [1.54, 1.807) is 13.4 Å². The zero-order chi connectivity index (χ0) is 16.6. The second-order valence-electron chi connectivity index (χ2n) is 6.27. The van der Waals surface area contributed by atoms with Crippen LogP contribution in [0.3, 0.4) is 0 Å². The summed E-state index contributed by atoms with van der Waals surface area (Å²) in [5.41, 5.74) is 0. The van der Waals surface area contributed by atoms with Crippen molar-refractivity contribution in [1.82, 2.24) is 25.4 Å². The predicted molar refractivity (Wildman–Crippen MR) is 91.0 cm³/mol. The Hall–Kier alpha value is -1.67. The first kappa shape index (κ1) is 17.2. The van der Waals surface area contributed by atoms with Crippen LogP contribution in [-0.2, 0) is 22.4 Å². The minimum Gasteiger partial charge on any atom is -0.381 e. The van der Waals surface area contributed by atoms with Gasteiger partial charge in [-0.25, -0.2) is 9.67 Å². The van der Waals surface area contributed by atoms with Gasteiger partial charge in [0.1, 0.15) is 12.2 Å². The summed E-state index contributed by atoms with van der Waals surface area (Å²) in [6.07, 6.45) is 7.00. The van der Waals surface area contributed by atoms with Crippen LogP contribution in [0, 0.1) is 0 Å². The summed E-state index contributed by atoms with van der Waals surface area (Å²) in [5.74, 6) is 1.91. The maximum absolute atomic E-state index is 5.88. The molecule has 0 radical (unpaired) electrons. The zero-order valence-corrected chi connectivity index (χ0v) is 14.4. The van der Waals surface area contributed by atoms with E-state index in [0.29, 0.717) is 12.1 Å². The van der Waals surface area contributed by atoms with Crippen LogP contribution in [0.5, 0.6) is 0 Å². The maximum Gasteiger partial charge on any atom is 0.191 e. The average Bonchev–Trinajstić information content (AvgIpc) is 3.09. The third-order valence-corrected chi connectivity index (χ3v) is 4.51. The molecule has 0 aromatic carbocycles. The number of nitrogens with one attached hydrogen (secondary N) is 2. The van der Waals surface area contributed by atoms with Crippen molar-refractivity contribution in [1.29, 1.82) is 0 Å². The third kappa shape index (κ3) is 4.91. The summed E-state index contributed by atoms with van der Waals surface area (Å²) >= 11 is 0. The lowest BCUT2D eigenvalue weighted by molar-refractivity contribution is -0.0320. The van der Waals surface area contributed by atoms with Crippen LogP contribution in [0.15, 0.2) is 11.3 Å². The Labute approximate surface area is 143 Å². The summed E-state index contributed by atoms with van der Waals surface area (Å²) in [6, 6.07) is 0.337. The molecule has 1 atom stereocenters. The van der Waals surface area contributed by atoms with E-state index in [-0.39, 0.29) is 0 Å². The molecular formula is C16H28N6O2. The molecule has 8 heteroatoms. The van der Waals surface area contributed by atoms with E-state index in [1.165, 1.54) is 0 Å². The number of aryl methyl sites for hydroxylation is 1. The second kappa shape index (κ2) is 8.98. The molecule has 134 valence electrons. The molecule has 0 aliphatic carbocycles. The fourth-order valence-electron chi connectivity index (χ4n) is 3.11. The quantitative estimate of drug-likeness (QED) is 0.443. The highest BCUT2D eigenvalue weighted by Crippen LogP contribution is 2.11. The number of hydrogen-bond acceptors (Lipinski definition) is 5. The van der Waals surface area contributed by atoms with Gasteiger partial charge in [0.05, 0.1) is 12.6 Å². The molecule has 3 heterocycles. The first-order valence-corrected chi connectivity index (χ1v) is 8.88. The van der Waals surface area contributed by atoms with Crippen LogP contribution >= 0.6 is 0 Å². The molecule has 1 aromatic heterocycles. The van der Waals surface area contributed by atoms with E-state index in [9.17, 15) is 0 Å². The molecule has 0 spiro atoms. The molecule has 0 amide bonds. The van der Waals surface area contributed by atoms with Gasteiger partial charge in [-0.3, -0.25) is 4.99 Å². The van der Waals surface area contributed by atoms with Crippen molar-refractivity contribution in [3.8, 4) is 0 Å². The van der Waals surface area contributed by atoms with Gasteiger partial charge in [0.25, 0.3) is 0 Å². The van der Waals surface area contributed by atoms with Crippen molar-refractivity contribution < 1.29 is 9.47 Å². The van der Waals surface area contributed by atoms with Gasteiger partial charge in [-0.15, -0.1) is 0 Å². The molecule has 24 heavy (non-hydrogen) atoms. The molecular weight excluding hydrogens is 308 g/mol. The number of aliphatic imine (C=N–C) groups is 1. The SMILES string of the molecule is CN=C(NCCCOC1CCOCC1)NC1CCc2ncnn2C1. The highest BCUT2D eigenvalue weighted by atomic mass is 16.5. The van der Waals surface area contributed by atoms with Crippen LogP contribution in [0.25, 0.3) is 0 Å². The molecule has 1 unspecified atom stereocenters. The standard InChI is InChI=1S/C16H28N6O2/c1-17-16(18-7-2-8-24-14-5-9-23-10-6-14)21-13-3-4-15-19-12-20-22(15)11-13/h12-14H,2-11H2,1H3,(H2,17,18,21). The van der Waals surface area contributed by atoms with Gasteiger partial charge in [-0.1, -0.05) is 0 Å². The molecule has 0 saturated carbocycles. The van der Waals surface area contributed by atoms with Gasteiger partial charge in [0.2, 0.25) is 0 Å². The lowest BCUT2D eigenvalue weighted by Crippen LogP contribution is -2.47. The normalized spacial score (nSPS) is 22.2. The lowest BCUT2D eigenvalue weighted by Gasteiger charge is -2.25. The summed E-state index contributed by atoms with van der Waals surface area (Å²) in [6.45, 7) is 4.12. The minimum atomic E-state index is 0.337. The summed E-state index contributed by atoms with van der Waals surface area (Å²) in [7, 11) is 1.80. The highest BCUT2D eigenvalue weighted by molar-refractivity contribution is 5.79. The van der Waals surface area contributed by atoms with Gasteiger partial charge in [0.15, 0.2) is 5.96 Å². The summed E-state index contributed by atoms with van der Waals surface area (Å²) < 4.78 is 13.2. The van der Waals surface area contributed by atoms with Crippen molar-refractivity contribution in [2.75, 3.05) is 33.4 Å². The first-order chi connectivity index (χ1) is 11.8. The number of guanidine groups is 1. The molecule has 3 rings (SSSR count). The largest absolute Gasteiger partial charge is 0.381 e. The Morgan fingerprint density at radius 1 is 1.42 bits per heavy atom. The molecule has 1 fully saturated rings. The topological polar surface area (TPSA) is 85.6 Å². The maximum atomic E-state index is 5.88. The minimum absolute atomic E-state index is 0.337. The molecule has 0 bridgehead atoms. The lowest BCUT2D eigenvalue weighted by atomic mass is 10.1. The number of aromatic nitrogens is 3. The van der Waals surface area contributed by atoms with E-state index in [2.05, 4.69) is 25.7 Å². The number of ether oxygens (including phenoxy) is 2. The van der Waals surface area contributed by atoms with E-state index >= 15 is 0 Å². The first-order valence-electron chi connectivity index (χ1n) is 8.88. The van der Waals surface area contributed by atoms with Gasteiger partial charge in [0, 0.05) is 45.9 Å². The van der Waals surface area contributed by atoms with E-state index < -0.39 is 0 Å². The van der Waals surface area contributed by atoms with Crippen molar-refractivity contribution in [2.45, 2.75) is 50.8 Å². The molecule has 2 N–H and O–H groups in total. The Bertz CT molecular complexity index is 526. The Morgan fingerprint density at radius 2 is 2.29 bits per heavy atom. The van der Waals surface area contributed by atoms with E-state index in [4.69, 9.17) is 9.47 Å². The fraction of sp³-hybridized carbons (Fsp3) is 0.812. The number of nitrogens with zero attached hydrogens (tertiary/aromatic N) is 4. The Balaban J connectivity index is 1.31. The van der Waals surface area contributed by atoms with E-state index in [1.807, 2.05) is 4.68 Å². The van der Waals surface area contributed by atoms with Gasteiger partial charge >= 0.3 is 0 Å². The average molecular weight is 336 g/mol.